The van der Waals surface area contributed by atoms with E-state index in [1.54, 1.807) is 0 Å². The van der Waals surface area contributed by atoms with Crippen LogP contribution in [0, 0.1) is 0 Å². The minimum absolute atomic E-state index is 0.230. The van der Waals surface area contributed by atoms with E-state index in [1.807, 2.05) is 0 Å². The number of rotatable bonds is 0. The summed E-state index contributed by atoms with van der Waals surface area (Å²) in [4.78, 5) is 4.59. The maximum Gasteiger partial charge on any atom is -0.0534 e. The van der Waals surface area contributed by atoms with Gasteiger partial charge in [-0.3, -0.25) is 0 Å². The van der Waals surface area contributed by atoms with Gasteiger partial charge in [-0.1, -0.05) is 64.2 Å². The molecule has 0 nitrogen and oxygen atoms in total. The van der Waals surface area contributed by atoms with Crippen molar-refractivity contribution < 1.29 is 0 Å². The summed E-state index contributed by atoms with van der Waals surface area (Å²) in [6.07, 6.45) is 13.6. The molecule has 100 valence electrons. The van der Waals surface area contributed by atoms with Gasteiger partial charge in [-0.2, -0.15) is 10.5 Å². The van der Waals surface area contributed by atoms with Crippen LogP contribution in [0.3, 0.4) is 0 Å². The first-order valence-corrected chi connectivity index (χ1v) is 13.8. The summed E-state index contributed by atoms with van der Waals surface area (Å²) in [6, 6.07) is 0. The summed E-state index contributed by atoms with van der Waals surface area (Å²) >= 11 is 10.4. The Hall–Kier alpha value is 1.50. The van der Waals surface area contributed by atoms with Gasteiger partial charge in [-0.05, 0) is 0 Å². The standard InChI is InChI=1S/2C6H12S.2CH3.Sn/c2*7-6-4-2-1-3-5-6;;;/h2*6-7H,1-5H2;2*1H3;/q;;;;+2/p-2. The van der Waals surface area contributed by atoms with E-state index in [-0.39, 0.29) is 21.1 Å². The van der Waals surface area contributed by atoms with Gasteiger partial charge in [0.1, 0.15) is 0 Å². The first kappa shape index (κ1) is 18.5. The summed E-state index contributed by atoms with van der Waals surface area (Å²) in [7, 11) is 0. The first-order chi connectivity index (χ1) is 8.20. The summed E-state index contributed by atoms with van der Waals surface area (Å²) in [5.41, 5.74) is 0. The Morgan fingerprint density at radius 2 is 0.882 bits per heavy atom. The third-order valence-corrected chi connectivity index (χ3v) is 4.05. The molecule has 0 aromatic rings. The quantitative estimate of drug-likeness (QED) is 0.449. The largest absolute Gasteiger partial charge is 0.789 e. The molecule has 0 aromatic heterocycles. The molecule has 3 heteroatoms. The second-order valence-electron chi connectivity index (χ2n) is 5.02. The molecule has 0 aliphatic heterocycles. The second kappa shape index (κ2) is 13.9. The molecule has 2 aliphatic carbocycles. The molecule has 0 bridgehead atoms. The van der Waals surface area contributed by atoms with Gasteiger partial charge in [0.05, 0.1) is 0 Å². The Labute approximate surface area is 130 Å². The predicted molar refractivity (Wildman–Crippen MR) is 86.0 cm³/mol. The average molecular weight is 379 g/mol. The Balaban J connectivity index is 0.000000247. The smallest absolute Gasteiger partial charge is 0.0534 e. The van der Waals surface area contributed by atoms with Gasteiger partial charge in [0.15, 0.2) is 0 Å². The van der Waals surface area contributed by atoms with Crippen molar-refractivity contribution in [1.82, 2.24) is 0 Å². The minimum Gasteiger partial charge on any atom is -0.789 e. The third-order valence-electron chi connectivity index (χ3n) is 3.10. The Morgan fingerprint density at radius 1 is 0.647 bits per heavy atom. The van der Waals surface area contributed by atoms with Crippen LogP contribution in [0.5, 0.6) is 0 Å². The third kappa shape index (κ3) is 13.7. The van der Waals surface area contributed by atoms with E-state index in [1.165, 1.54) is 64.2 Å². The molecule has 0 heterocycles. The Morgan fingerprint density at radius 3 is 1.00 bits per heavy atom. The van der Waals surface area contributed by atoms with Crippen LogP contribution in [0.15, 0.2) is 0 Å². The topological polar surface area (TPSA) is 0 Å². The molecule has 0 unspecified atom stereocenters. The van der Waals surface area contributed by atoms with Crippen molar-refractivity contribution in [2.45, 2.75) is 84.6 Å². The zero-order valence-electron chi connectivity index (χ0n) is 11.5. The van der Waals surface area contributed by atoms with Crippen LogP contribution < -0.4 is 0 Å². The molecule has 0 N–H and O–H groups in total. The summed E-state index contributed by atoms with van der Waals surface area (Å²) < 4.78 is 0. The van der Waals surface area contributed by atoms with Crippen molar-refractivity contribution in [3.63, 3.8) is 0 Å². The van der Waals surface area contributed by atoms with Crippen molar-refractivity contribution in [2.75, 3.05) is 0 Å². The van der Waals surface area contributed by atoms with Gasteiger partial charge in [0.2, 0.25) is 0 Å². The zero-order chi connectivity index (χ0) is 12.9. The van der Waals surface area contributed by atoms with Gasteiger partial charge >= 0.3 is 31.0 Å². The molecule has 2 fully saturated rings. The SMILES string of the molecule is [CH3][Sn+2][CH3].[S-]C1CCCCC1.[S-]C1CCCCC1. The van der Waals surface area contributed by atoms with Crippen LogP contribution in [0.4, 0.5) is 0 Å². The van der Waals surface area contributed by atoms with Crippen LogP contribution in [-0.4, -0.2) is 31.6 Å². The molecule has 0 aromatic carbocycles. The molecule has 17 heavy (non-hydrogen) atoms. The van der Waals surface area contributed by atoms with Crippen molar-refractivity contribution in [2.24, 2.45) is 0 Å². The van der Waals surface area contributed by atoms with E-state index in [9.17, 15) is 0 Å². The molecule has 0 radical (unpaired) electrons. The van der Waals surface area contributed by atoms with Gasteiger partial charge < -0.3 is 25.3 Å². The Bertz CT molecular complexity index is 125. The first-order valence-electron chi connectivity index (χ1n) is 7.10. The maximum absolute atomic E-state index is 5.09. The predicted octanol–water partition coefficient (Wildman–Crippen LogP) is 4.52. The van der Waals surface area contributed by atoms with Gasteiger partial charge in [-0.15, -0.1) is 0 Å². The molecule has 0 atom stereocenters. The van der Waals surface area contributed by atoms with Crippen LogP contribution in [0.1, 0.15) is 64.2 Å². The van der Waals surface area contributed by atoms with Crippen molar-refractivity contribution >= 4 is 46.4 Å². The van der Waals surface area contributed by atoms with E-state index in [2.05, 4.69) is 9.88 Å². The number of hydrogen-bond acceptors (Lipinski definition) is 2. The fourth-order valence-electron chi connectivity index (χ4n) is 2.13. The zero-order valence-corrected chi connectivity index (χ0v) is 16.0. The molecule has 2 rings (SSSR count). The van der Waals surface area contributed by atoms with Crippen molar-refractivity contribution in [3.05, 3.63) is 0 Å². The molecule has 0 amide bonds. The monoisotopic (exact) mass is 380 g/mol. The van der Waals surface area contributed by atoms with E-state index in [0.29, 0.717) is 10.5 Å². The van der Waals surface area contributed by atoms with Gasteiger partial charge in [0, 0.05) is 0 Å². The average Bonchev–Trinajstić information content (AvgIpc) is 2.33. The normalized spacial score (nSPS) is 21.4. The summed E-state index contributed by atoms with van der Waals surface area (Å²) in [5, 5.41) is 1.24. The fourth-order valence-corrected chi connectivity index (χ4v) is 2.80. The van der Waals surface area contributed by atoms with Crippen LogP contribution in [-0.2, 0) is 25.3 Å². The Kier molecular flexibility index (Phi) is 15.1. The van der Waals surface area contributed by atoms with Crippen molar-refractivity contribution in [1.29, 1.82) is 0 Å². The molecular weight excluding hydrogens is 351 g/mol. The fraction of sp³-hybridized carbons (Fsp3) is 1.00. The molecule has 0 spiro atoms. The molecule has 2 saturated carbocycles. The molecule has 2 aliphatic rings. The van der Waals surface area contributed by atoms with Crippen LogP contribution >= 0.6 is 0 Å². The van der Waals surface area contributed by atoms with E-state index < -0.39 is 0 Å². The summed E-state index contributed by atoms with van der Waals surface area (Å²) in [5.74, 6) is 0. The number of hydrogen-bond donors (Lipinski definition) is 0. The van der Waals surface area contributed by atoms with Crippen LogP contribution in [0.2, 0.25) is 9.88 Å². The summed E-state index contributed by atoms with van der Waals surface area (Å²) in [6.45, 7) is 0. The molecular formula is C14H28S2Sn. The molecule has 0 saturated heterocycles. The van der Waals surface area contributed by atoms with Crippen molar-refractivity contribution in [3.8, 4) is 0 Å². The van der Waals surface area contributed by atoms with Gasteiger partial charge in [-0.25, -0.2) is 0 Å². The van der Waals surface area contributed by atoms with E-state index in [4.69, 9.17) is 25.3 Å². The minimum atomic E-state index is 0.230. The maximum atomic E-state index is 5.09. The second-order valence-corrected chi connectivity index (χ2v) is 9.21. The van der Waals surface area contributed by atoms with Gasteiger partial charge in [0.25, 0.3) is 0 Å². The van der Waals surface area contributed by atoms with E-state index in [0.717, 1.165) is 0 Å². The van der Waals surface area contributed by atoms with Crippen LogP contribution in [0.25, 0.3) is 0 Å². The van der Waals surface area contributed by atoms with E-state index >= 15 is 0 Å².